The van der Waals surface area contributed by atoms with Crippen LogP contribution in [0, 0.1) is 5.41 Å². The summed E-state index contributed by atoms with van der Waals surface area (Å²) in [7, 11) is 0. The van der Waals surface area contributed by atoms with Crippen molar-refractivity contribution in [2.24, 2.45) is 5.41 Å². The topological polar surface area (TPSA) is 72.8 Å². The summed E-state index contributed by atoms with van der Waals surface area (Å²) in [5, 5.41) is 9.20. The lowest BCUT2D eigenvalue weighted by molar-refractivity contribution is -0.144. The summed E-state index contributed by atoms with van der Waals surface area (Å²) in [6, 6.07) is 12.0. The van der Waals surface area contributed by atoms with Crippen LogP contribution in [0.15, 0.2) is 48.5 Å². The summed E-state index contributed by atoms with van der Waals surface area (Å²) >= 11 is 0. The maximum absolute atomic E-state index is 12.0. The second-order valence-electron chi connectivity index (χ2n) is 6.03. The summed E-state index contributed by atoms with van der Waals surface area (Å²) < 4.78 is 10.5. The van der Waals surface area contributed by atoms with Crippen molar-refractivity contribution < 1.29 is 24.2 Å². The van der Waals surface area contributed by atoms with Gasteiger partial charge in [0.2, 0.25) is 0 Å². The van der Waals surface area contributed by atoms with Crippen LogP contribution in [0.25, 0.3) is 0 Å². The van der Waals surface area contributed by atoms with Crippen LogP contribution in [0.4, 0.5) is 0 Å². The molecule has 0 aromatic heterocycles. The number of benzene rings is 2. The third-order valence-corrected chi connectivity index (χ3v) is 3.78. The van der Waals surface area contributed by atoms with E-state index in [4.69, 9.17) is 9.47 Å². The Morgan fingerprint density at radius 2 is 1.42 bits per heavy atom. The molecule has 0 saturated heterocycles. The molecular formula is C19H20O5. The van der Waals surface area contributed by atoms with Gasteiger partial charge in [0.05, 0.1) is 11.0 Å². The third-order valence-electron chi connectivity index (χ3n) is 3.78. The van der Waals surface area contributed by atoms with Gasteiger partial charge in [-0.3, -0.25) is 4.79 Å². The molecule has 0 spiro atoms. The molecule has 0 bridgehead atoms. The fourth-order valence-corrected chi connectivity index (χ4v) is 1.73. The molecule has 126 valence electrons. The Labute approximate surface area is 140 Å². The van der Waals surface area contributed by atoms with Crippen molar-refractivity contribution in [1.82, 2.24) is 0 Å². The number of hydrogen-bond donors (Lipinski definition) is 1. The zero-order valence-corrected chi connectivity index (χ0v) is 13.9. The summed E-state index contributed by atoms with van der Waals surface area (Å²) in [4.78, 5) is 24.1. The van der Waals surface area contributed by atoms with Gasteiger partial charge in [-0.15, -0.1) is 0 Å². The molecule has 0 radical (unpaired) electrons. The minimum atomic E-state index is -0.559. The molecule has 2 aromatic carbocycles. The van der Waals surface area contributed by atoms with Gasteiger partial charge in [0.25, 0.3) is 0 Å². The number of esters is 2. The largest absolute Gasteiger partial charge is 0.508 e. The van der Waals surface area contributed by atoms with Gasteiger partial charge in [-0.1, -0.05) is 6.92 Å². The molecule has 0 saturated carbocycles. The Kier molecular flexibility index (Phi) is 5.24. The third kappa shape index (κ3) is 4.35. The van der Waals surface area contributed by atoms with Gasteiger partial charge in [0.1, 0.15) is 17.2 Å². The standard InChI is InChI=1S/C19H20O5/c1-4-19(2,3)18(22)24-16-9-5-13(6-10-16)17(21)23-15-11-7-14(20)8-12-15/h5-12,20H,4H2,1-3H3. The molecule has 2 rings (SSSR count). The lowest BCUT2D eigenvalue weighted by atomic mass is 9.91. The first-order valence-corrected chi connectivity index (χ1v) is 7.65. The first-order chi connectivity index (χ1) is 11.3. The molecule has 0 heterocycles. The van der Waals surface area contributed by atoms with Gasteiger partial charge in [-0.2, -0.15) is 0 Å². The van der Waals surface area contributed by atoms with Crippen molar-refractivity contribution in [3.63, 3.8) is 0 Å². The first kappa shape index (κ1) is 17.5. The average molecular weight is 328 g/mol. The zero-order chi connectivity index (χ0) is 17.7. The van der Waals surface area contributed by atoms with Crippen molar-refractivity contribution in [3.05, 3.63) is 54.1 Å². The van der Waals surface area contributed by atoms with Crippen LogP contribution >= 0.6 is 0 Å². The Hall–Kier alpha value is -2.82. The molecule has 0 fully saturated rings. The van der Waals surface area contributed by atoms with Crippen molar-refractivity contribution in [1.29, 1.82) is 0 Å². The maximum atomic E-state index is 12.0. The molecule has 24 heavy (non-hydrogen) atoms. The first-order valence-electron chi connectivity index (χ1n) is 7.65. The molecule has 5 nitrogen and oxygen atoms in total. The molecular weight excluding hydrogens is 308 g/mol. The van der Waals surface area contributed by atoms with Gasteiger partial charge in [0, 0.05) is 0 Å². The lowest BCUT2D eigenvalue weighted by Crippen LogP contribution is -2.28. The van der Waals surface area contributed by atoms with Crippen molar-refractivity contribution in [2.75, 3.05) is 0 Å². The van der Waals surface area contributed by atoms with Crippen LogP contribution in [-0.4, -0.2) is 17.0 Å². The van der Waals surface area contributed by atoms with Gasteiger partial charge in [-0.25, -0.2) is 4.79 Å². The molecule has 1 N–H and O–H groups in total. The molecule has 0 amide bonds. The van der Waals surface area contributed by atoms with E-state index in [-0.39, 0.29) is 11.7 Å². The lowest BCUT2D eigenvalue weighted by Gasteiger charge is -2.20. The normalized spacial score (nSPS) is 11.0. The van der Waals surface area contributed by atoms with Gasteiger partial charge >= 0.3 is 11.9 Å². The van der Waals surface area contributed by atoms with Crippen molar-refractivity contribution in [3.8, 4) is 17.2 Å². The number of carbonyl (C=O) groups is 2. The van der Waals surface area contributed by atoms with Crippen molar-refractivity contribution >= 4 is 11.9 Å². The number of rotatable bonds is 5. The predicted octanol–water partition coefficient (Wildman–Crippen LogP) is 3.95. The van der Waals surface area contributed by atoms with E-state index < -0.39 is 11.4 Å². The average Bonchev–Trinajstić information content (AvgIpc) is 2.57. The Morgan fingerprint density at radius 3 is 1.96 bits per heavy atom. The fraction of sp³-hybridized carbons (Fsp3) is 0.263. The summed E-state index contributed by atoms with van der Waals surface area (Å²) in [5.41, 5.74) is -0.228. The van der Waals surface area contributed by atoms with Gasteiger partial charge in [-0.05, 0) is 68.8 Å². The minimum Gasteiger partial charge on any atom is -0.508 e. The van der Waals surface area contributed by atoms with E-state index >= 15 is 0 Å². The molecule has 0 atom stereocenters. The fourth-order valence-electron chi connectivity index (χ4n) is 1.73. The molecule has 2 aromatic rings. The molecule has 0 aliphatic carbocycles. The molecule has 0 aliphatic heterocycles. The predicted molar refractivity (Wildman–Crippen MR) is 89.2 cm³/mol. The van der Waals surface area contributed by atoms with Crippen LogP contribution in [0.2, 0.25) is 0 Å². The highest BCUT2D eigenvalue weighted by atomic mass is 16.5. The highest BCUT2D eigenvalue weighted by Crippen LogP contribution is 2.24. The molecule has 0 unspecified atom stereocenters. The van der Waals surface area contributed by atoms with Gasteiger partial charge in [0.15, 0.2) is 0 Å². The smallest absolute Gasteiger partial charge is 0.343 e. The van der Waals surface area contributed by atoms with Gasteiger partial charge < -0.3 is 14.6 Å². The highest BCUT2D eigenvalue weighted by molar-refractivity contribution is 5.91. The summed E-state index contributed by atoms with van der Waals surface area (Å²) in [6.07, 6.45) is 0.670. The number of phenolic OH excluding ortho intramolecular Hbond substituents is 1. The number of hydrogen-bond acceptors (Lipinski definition) is 5. The van der Waals surface area contributed by atoms with E-state index in [1.165, 1.54) is 36.4 Å². The van der Waals surface area contributed by atoms with E-state index in [1.54, 1.807) is 12.1 Å². The number of aromatic hydroxyl groups is 1. The SMILES string of the molecule is CCC(C)(C)C(=O)Oc1ccc(C(=O)Oc2ccc(O)cc2)cc1. The monoisotopic (exact) mass is 328 g/mol. The van der Waals surface area contributed by atoms with E-state index in [1.807, 2.05) is 20.8 Å². The minimum absolute atomic E-state index is 0.0935. The van der Waals surface area contributed by atoms with E-state index in [0.717, 1.165) is 0 Å². The van der Waals surface area contributed by atoms with Crippen LogP contribution in [0.5, 0.6) is 17.2 Å². The van der Waals surface area contributed by atoms with E-state index in [0.29, 0.717) is 23.5 Å². The quantitative estimate of drug-likeness (QED) is 0.664. The van der Waals surface area contributed by atoms with E-state index in [9.17, 15) is 14.7 Å². The zero-order valence-electron chi connectivity index (χ0n) is 13.9. The van der Waals surface area contributed by atoms with E-state index in [2.05, 4.69) is 0 Å². The second-order valence-corrected chi connectivity index (χ2v) is 6.03. The van der Waals surface area contributed by atoms with Crippen LogP contribution < -0.4 is 9.47 Å². The molecule has 5 heteroatoms. The van der Waals surface area contributed by atoms with Crippen LogP contribution in [0.3, 0.4) is 0 Å². The van der Waals surface area contributed by atoms with Crippen LogP contribution in [0.1, 0.15) is 37.6 Å². The second kappa shape index (κ2) is 7.17. The number of phenols is 1. The summed E-state index contributed by atoms with van der Waals surface area (Å²) in [6.45, 7) is 5.56. The molecule has 0 aliphatic rings. The van der Waals surface area contributed by atoms with Crippen molar-refractivity contribution in [2.45, 2.75) is 27.2 Å². The number of carbonyl (C=O) groups excluding carboxylic acids is 2. The Bertz CT molecular complexity index is 714. The maximum Gasteiger partial charge on any atom is 0.343 e. The highest BCUT2D eigenvalue weighted by Gasteiger charge is 2.27. The number of ether oxygens (including phenoxy) is 2. The summed E-state index contributed by atoms with van der Waals surface area (Å²) in [5.74, 6) is -0.0476. The Balaban J connectivity index is 2.02. The van der Waals surface area contributed by atoms with Crippen LogP contribution in [-0.2, 0) is 4.79 Å². The Morgan fingerprint density at radius 1 is 0.917 bits per heavy atom.